The van der Waals surface area contributed by atoms with E-state index in [-0.39, 0.29) is 12.4 Å². The van der Waals surface area contributed by atoms with Gasteiger partial charge in [-0.05, 0) is 30.3 Å². The first-order valence-corrected chi connectivity index (χ1v) is 6.41. The molecular formula is C14H13N3O6. The molecule has 0 atom stereocenters. The van der Waals surface area contributed by atoms with E-state index in [4.69, 9.17) is 13.9 Å². The number of amides is 1. The van der Waals surface area contributed by atoms with Gasteiger partial charge in [-0.3, -0.25) is 14.9 Å². The van der Waals surface area contributed by atoms with Gasteiger partial charge >= 0.3 is 5.88 Å². The molecule has 0 aliphatic rings. The van der Waals surface area contributed by atoms with Gasteiger partial charge in [0, 0.05) is 0 Å². The van der Waals surface area contributed by atoms with Crippen LogP contribution in [0.5, 0.6) is 11.5 Å². The first-order chi connectivity index (χ1) is 11.1. The number of nitrogens with zero attached hydrogens (tertiary/aromatic N) is 2. The summed E-state index contributed by atoms with van der Waals surface area (Å²) >= 11 is 0. The van der Waals surface area contributed by atoms with Crippen LogP contribution < -0.4 is 14.9 Å². The lowest BCUT2D eigenvalue weighted by Crippen LogP contribution is -2.24. The summed E-state index contributed by atoms with van der Waals surface area (Å²) in [4.78, 5) is 21.3. The third kappa shape index (κ3) is 4.84. The number of hydrogen-bond acceptors (Lipinski definition) is 7. The highest BCUT2D eigenvalue weighted by atomic mass is 16.6. The number of carbonyl (C=O) groups is 1. The van der Waals surface area contributed by atoms with Crippen LogP contribution in [0.1, 0.15) is 5.76 Å². The van der Waals surface area contributed by atoms with Crippen LogP contribution in [-0.4, -0.2) is 30.8 Å². The van der Waals surface area contributed by atoms with Gasteiger partial charge in [0.2, 0.25) is 0 Å². The van der Waals surface area contributed by atoms with Crippen molar-refractivity contribution in [3.05, 3.63) is 52.3 Å². The Labute approximate surface area is 130 Å². The standard InChI is InChI=1S/C14H13N3O6/c1-21-10-2-4-11(5-3-10)22-9-13(18)16-15-8-12-6-7-14(23-12)17(19)20/h2-8H,9H2,1H3,(H,16,18)/b15-8-. The van der Waals surface area contributed by atoms with E-state index < -0.39 is 16.7 Å². The predicted molar refractivity (Wildman–Crippen MR) is 79.6 cm³/mol. The van der Waals surface area contributed by atoms with Gasteiger partial charge in [0.05, 0.1) is 19.4 Å². The quantitative estimate of drug-likeness (QED) is 0.472. The molecule has 23 heavy (non-hydrogen) atoms. The zero-order valence-electron chi connectivity index (χ0n) is 12.1. The number of nitrogens with one attached hydrogen (secondary N) is 1. The third-order valence-electron chi connectivity index (χ3n) is 2.60. The van der Waals surface area contributed by atoms with Crippen molar-refractivity contribution in [2.24, 2.45) is 5.10 Å². The predicted octanol–water partition coefficient (Wildman–Crippen LogP) is 1.73. The Morgan fingerprint density at radius 3 is 2.61 bits per heavy atom. The zero-order chi connectivity index (χ0) is 16.7. The summed E-state index contributed by atoms with van der Waals surface area (Å²) in [5.74, 6) is 0.442. The molecule has 0 saturated carbocycles. The first-order valence-electron chi connectivity index (χ1n) is 6.41. The van der Waals surface area contributed by atoms with Gasteiger partial charge in [0.1, 0.15) is 16.4 Å². The maximum absolute atomic E-state index is 11.5. The summed E-state index contributed by atoms with van der Waals surface area (Å²) in [5.41, 5.74) is 2.21. The summed E-state index contributed by atoms with van der Waals surface area (Å²) in [7, 11) is 1.55. The summed E-state index contributed by atoms with van der Waals surface area (Å²) in [6.45, 7) is -0.234. The normalized spacial score (nSPS) is 10.5. The fraction of sp³-hybridized carbons (Fsp3) is 0.143. The van der Waals surface area contributed by atoms with Crippen LogP contribution in [-0.2, 0) is 4.79 Å². The minimum absolute atomic E-state index is 0.146. The van der Waals surface area contributed by atoms with Crippen molar-refractivity contribution in [2.75, 3.05) is 13.7 Å². The van der Waals surface area contributed by atoms with Crippen LogP contribution >= 0.6 is 0 Å². The average Bonchev–Trinajstić information content (AvgIpc) is 3.02. The molecule has 0 saturated heterocycles. The van der Waals surface area contributed by atoms with E-state index in [1.165, 1.54) is 12.1 Å². The number of ether oxygens (including phenoxy) is 2. The summed E-state index contributed by atoms with van der Waals surface area (Å²) in [6.07, 6.45) is 1.15. The van der Waals surface area contributed by atoms with Gasteiger partial charge in [-0.2, -0.15) is 5.10 Å². The number of nitro groups is 1. The highest BCUT2D eigenvalue weighted by molar-refractivity contribution is 5.81. The summed E-state index contributed by atoms with van der Waals surface area (Å²) < 4.78 is 15.1. The lowest BCUT2D eigenvalue weighted by atomic mass is 10.3. The molecule has 1 amide bonds. The number of benzene rings is 1. The number of hydrogen-bond donors (Lipinski definition) is 1. The SMILES string of the molecule is COc1ccc(OCC(=O)N/N=C\c2ccc([N+](=O)[O-])o2)cc1. The molecular weight excluding hydrogens is 306 g/mol. The Morgan fingerprint density at radius 1 is 1.30 bits per heavy atom. The van der Waals surface area contributed by atoms with E-state index in [1.54, 1.807) is 31.4 Å². The largest absolute Gasteiger partial charge is 0.497 e. The van der Waals surface area contributed by atoms with E-state index in [9.17, 15) is 14.9 Å². The molecule has 1 aromatic heterocycles. The molecule has 0 unspecified atom stereocenters. The Kier molecular flexibility index (Phi) is 5.29. The molecule has 0 spiro atoms. The maximum Gasteiger partial charge on any atom is 0.433 e. The van der Waals surface area contributed by atoms with Crippen molar-refractivity contribution < 1.29 is 23.6 Å². The molecule has 9 heteroatoms. The Morgan fingerprint density at radius 2 is 2.00 bits per heavy atom. The molecule has 2 aromatic rings. The number of furan rings is 1. The monoisotopic (exact) mass is 319 g/mol. The lowest BCUT2D eigenvalue weighted by molar-refractivity contribution is -0.402. The molecule has 0 radical (unpaired) electrons. The molecule has 9 nitrogen and oxygen atoms in total. The van der Waals surface area contributed by atoms with Gasteiger partial charge in [0.25, 0.3) is 5.91 Å². The van der Waals surface area contributed by atoms with Crippen LogP contribution in [0, 0.1) is 10.1 Å². The van der Waals surface area contributed by atoms with Crippen LogP contribution in [0.15, 0.2) is 45.9 Å². The molecule has 120 valence electrons. The third-order valence-corrected chi connectivity index (χ3v) is 2.60. The number of hydrazone groups is 1. The van der Waals surface area contributed by atoms with Crippen molar-refractivity contribution in [2.45, 2.75) is 0 Å². The van der Waals surface area contributed by atoms with E-state index in [1.807, 2.05) is 0 Å². The van der Waals surface area contributed by atoms with E-state index >= 15 is 0 Å². The second-order valence-corrected chi connectivity index (χ2v) is 4.19. The van der Waals surface area contributed by atoms with Crippen molar-refractivity contribution in [1.82, 2.24) is 5.43 Å². The molecule has 1 heterocycles. The maximum atomic E-state index is 11.5. The van der Waals surface area contributed by atoms with Gasteiger partial charge in [0.15, 0.2) is 12.4 Å². The summed E-state index contributed by atoms with van der Waals surface area (Å²) in [6, 6.07) is 9.29. The topological polar surface area (TPSA) is 116 Å². The number of carbonyl (C=O) groups excluding carboxylic acids is 1. The number of rotatable bonds is 7. The van der Waals surface area contributed by atoms with Crippen LogP contribution in [0.4, 0.5) is 5.88 Å². The molecule has 0 aliphatic carbocycles. The van der Waals surface area contributed by atoms with Gasteiger partial charge in [-0.15, -0.1) is 0 Å². The minimum Gasteiger partial charge on any atom is -0.497 e. The van der Waals surface area contributed by atoms with Crippen molar-refractivity contribution in [3.8, 4) is 11.5 Å². The summed E-state index contributed by atoms with van der Waals surface area (Å²) in [5, 5.41) is 14.0. The van der Waals surface area contributed by atoms with E-state index in [2.05, 4.69) is 10.5 Å². The van der Waals surface area contributed by atoms with Crippen molar-refractivity contribution in [1.29, 1.82) is 0 Å². The van der Waals surface area contributed by atoms with Crippen LogP contribution in [0.3, 0.4) is 0 Å². The number of methoxy groups -OCH3 is 1. The minimum atomic E-state index is -0.668. The lowest BCUT2D eigenvalue weighted by Gasteiger charge is -2.05. The molecule has 1 N–H and O–H groups in total. The first kappa shape index (κ1) is 16.0. The fourth-order valence-corrected chi connectivity index (χ4v) is 1.53. The highest BCUT2D eigenvalue weighted by Crippen LogP contribution is 2.16. The zero-order valence-corrected chi connectivity index (χ0v) is 12.1. The smallest absolute Gasteiger partial charge is 0.433 e. The average molecular weight is 319 g/mol. The second kappa shape index (κ2) is 7.59. The van der Waals surface area contributed by atoms with Crippen molar-refractivity contribution in [3.63, 3.8) is 0 Å². The van der Waals surface area contributed by atoms with Crippen molar-refractivity contribution >= 4 is 18.0 Å². The molecule has 2 rings (SSSR count). The molecule has 0 aliphatic heterocycles. The fourth-order valence-electron chi connectivity index (χ4n) is 1.53. The van der Waals surface area contributed by atoms with E-state index in [0.29, 0.717) is 11.5 Å². The Hall–Kier alpha value is -3.36. The van der Waals surface area contributed by atoms with E-state index in [0.717, 1.165) is 6.21 Å². The van der Waals surface area contributed by atoms with Crippen LogP contribution in [0.2, 0.25) is 0 Å². The highest BCUT2D eigenvalue weighted by Gasteiger charge is 2.10. The van der Waals surface area contributed by atoms with Gasteiger partial charge in [-0.1, -0.05) is 0 Å². The Balaban J connectivity index is 1.77. The second-order valence-electron chi connectivity index (χ2n) is 4.19. The van der Waals surface area contributed by atoms with Gasteiger partial charge in [-0.25, -0.2) is 5.43 Å². The Bertz CT molecular complexity index is 708. The van der Waals surface area contributed by atoms with Crippen LogP contribution in [0.25, 0.3) is 0 Å². The molecule has 1 aromatic carbocycles. The van der Waals surface area contributed by atoms with Gasteiger partial charge < -0.3 is 13.9 Å². The molecule has 0 bridgehead atoms. The molecule has 0 fully saturated rings.